The van der Waals surface area contributed by atoms with E-state index in [9.17, 15) is 0 Å². The van der Waals surface area contributed by atoms with Crippen LogP contribution in [0.25, 0.3) is 5.52 Å². The third kappa shape index (κ3) is 5.97. The molecular weight excluding hydrogens is 715 g/mol. The molecule has 0 spiro atoms. The van der Waals surface area contributed by atoms with Crippen LogP contribution in [0.4, 0.5) is 51.3 Å². The summed E-state index contributed by atoms with van der Waals surface area (Å²) in [5.74, 6) is 1.19. The van der Waals surface area contributed by atoms with Gasteiger partial charge in [-0.25, -0.2) is 0 Å². The number of pyridine rings is 1. The molecule has 8 aromatic rings. The summed E-state index contributed by atoms with van der Waals surface area (Å²) in [6, 6.07) is 58.8. The van der Waals surface area contributed by atoms with Crippen molar-refractivity contribution in [2.45, 2.75) is 66.2 Å². The summed E-state index contributed by atoms with van der Waals surface area (Å²) >= 11 is 0. The first-order valence-electron chi connectivity index (χ1n) is 21.0. The Morgan fingerprint density at radius 2 is 1.03 bits per heavy atom. The second-order valence-corrected chi connectivity index (χ2v) is 18.5. The number of aromatic nitrogens is 1. The fourth-order valence-corrected chi connectivity index (χ4v) is 9.48. The Morgan fingerprint density at radius 1 is 0.475 bits per heavy atom. The highest BCUT2D eigenvalue weighted by molar-refractivity contribution is 7.00. The molecule has 4 heterocycles. The van der Waals surface area contributed by atoms with E-state index >= 15 is 0 Å². The number of benzene rings is 6. The largest absolute Gasteiger partial charge is 0.311 e. The average Bonchev–Trinajstić information content (AvgIpc) is 3.61. The maximum atomic E-state index is 2.50. The molecule has 0 aliphatic carbocycles. The molecule has 0 amide bonds. The highest BCUT2D eigenvalue weighted by Gasteiger charge is 2.45. The van der Waals surface area contributed by atoms with Crippen LogP contribution in [0, 0.1) is 13.8 Å². The van der Waals surface area contributed by atoms with Gasteiger partial charge >= 0.3 is 0 Å². The van der Waals surface area contributed by atoms with Gasteiger partial charge in [-0.1, -0.05) is 120 Å². The first-order valence-corrected chi connectivity index (χ1v) is 21.0. The zero-order valence-corrected chi connectivity index (χ0v) is 35.5. The van der Waals surface area contributed by atoms with Crippen LogP contribution in [0.1, 0.15) is 63.8 Å². The normalized spacial score (nSPS) is 13.3. The Bertz CT molecular complexity index is 2830. The molecule has 2 aliphatic rings. The smallest absolute Gasteiger partial charge is 0.254 e. The Morgan fingerprint density at radius 3 is 1.61 bits per heavy atom. The fourth-order valence-electron chi connectivity index (χ4n) is 9.48. The number of para-hydroxylation sites is 2. The van der Waals surface area contributed by atoms with Gasteiger partial charge < -0.3 is 14.2 Å². The Balaban J connectivity index is 1.25. The second kappa shape index (κ2) is 13.6. The monoisotopic (exact) mass is 766 g/mol. The van der Waals surface area contributed by atoms with E-state index in [4.69, 9.17) is 0 Å². The Labute approximate surface area is 350 Å². The van der Waals surface area contributed by atoms with Gasteiger partial charge in [0.1, 0.15) is 5.82 Å². The minimum atomic E-state index is 0.0223. The van der Waals surface area contributed by atoms with Crippen LogP contribution in [-0.4, -0.2) is 11.1 Å². The van der Waals surface area contributed by atoms with E-state index < -0.39 is 0 Å². The first kappa shape index (κ1) is 36.9. The van der Waals surface area contributed by atoms with Gasteiger partial charge in [-0.3, -0.25) is 4.90 Å². The molecule has 2 aromatic heterocycles. The number of aryl methyl sites for hydroxylation is 2. The predicted molar refractivity (Wildman–Crippen MR) is 253 cm³/mol. The lowest BCUT2D eigenvalue weighted by Crippen LogP contribution is -2.61. The SMILES string of the molecule is Cc1cc(C(C)(C)C)ccc1N(c1ccc2c(c1)N(c1ccccc1)c1cccc3c1B2c1cc2ccccn2c1N3c1ccccc1)c1ccc(C(C)(C)C)cc1C. The number of nitrogens with zero attached hydrogens (tertiary/aromatic N) is 4. The molecule has 0 saturated heterocycles. The maximum Gasteiger partial charge on any atom is 0.254 e. The highest BCUT2D eigenvalue weighted by Crippen LogP contribution is 2.47. The van der Waals surface area contributed by atoms with Crippen LogP contribution >= 0.6 is 0 Å². The van der Waals surface area contributed by atoms with Crippen LogP contribution in [-0.2, 0) is 10.8 Å². The van der Waals surface area contributed by atoms with Crippen LogP contribution in [0.2, 0.25) is 0 Å². The van der Waals surface area contributed by atoms with Gasteiger partial charge in [0.15, 0.2) is 0 Å². The van der Waals surface area contributed by atoms with Gasteiger partial charge in [-0.15, -0.1) is 0 Å². The number of fused-ring (bicyclic) bond motifs is 6. The molecule has 10 rings (SSSR count). The number of anilines is 9. The van der Waals surface area contributed by atoms with Crippen molar-refractivity contribution in [1.82, 2.24) is 4.40 Å². The van der Waals surface area contributed by atoms with Crippen LogP contribution in [0.5, 0.6) is 0 Å². The van der Waals surface area contributed by atoms with Crippen molar-refractivity contribution in [1.29, 1.82) is 0 Å². The summed E-state index contributed by atoms with van der Waals surface area (Å²) in [6.07, 6.45) is 2.21. The van der Waals surface area contributed by atoms with Crippen molar-refractivity contribution in [3.05, 3.63) is 186 Å². The summed E-state index contributed by atoms with van der Waals surface area (Å²) in [4.78, 5) is 7.46. The minimum Gasteiger partial charge on any atom is -0.311 e. The molecule has 59 heavy (non-hydrogen) atoms. The molecule has 0 radical (unpaired) electrons. The Kier molecular flexibility index (Phi) is 8.47. The van der Waals surface area contributed by atoms with E-state index in [1.165, 1.54) is 78.4 Å². The van der Waals surface area contributed by atoms with Gasteiger partial charge in [-0.2, -0.15) is 0 Å². The zero-order chi connectivity index (χ0) is 40.8. The van der Waals surface area contributed by atoms with Gasteiger partial charge in [0, 0.05) is 57.2 Å². The van der Waals surface area contributed by atoms with Gasteiger partial charge in [0.25, 0.3) is 6.71 Å². The van der Waals surface area contributed by atoms with Crippen molar-refractivity contribution < 1.29 is 0 Å². The molecule has 4 nitrogen and oxygen atoms in total. The van der Waals surface area contributed by atoms with Crippen molar-refractivity contribution in [2.75, 3.05) is 14.7 Å². The topological polar surface area (TPSA) is 14.1 Å². The van der Waals surface area contributed by atoms with Crippen LogP contribution < -0.4 is 31.1 Å². The van der Waals surface area contributed by atoms with Crippen molar-refractivity contribution >= 4 is 79.9 Å². The summed E-state index contributed by atoms with van der Waals surface area (Å²) in [7, 11) is 0. The molecule has 0 bridgehead atoms. The quantitative estimate of drug-likeness (QED) is 0.162. The van der Waals surface area contributed by atoms with Gasteiger partial charge in [0.2, 0.25) is 0 Å². The van der Waals surface area contributed by atoms with Crippen molar-refractivity contribution in [2.24, 2.45) is 0 Å². The lowest BCUT2D eigenvalue weighted by Gasteiger charge is -2.43. The van der Waals surface area contributed by atoms with E-state index in [0.29, 0.717) is 0 Å². The molecule has 2 aliphatic heterocycles. The minimum absolute atomic E-state index is 0.0223. The molecule has 290 valence electrons. The predicted octanol–water partition coefficient (Wildman–Crippen LogP) is 12.7. The number of rotatable bonds is 5. The molecule has 0 N–H and O–H groups in total. The van der Waals surface area contributed by atoms with E-state index in [1.54, 1.807) is 0 Å². The summed E-state index contributed by atoms with van der Waals surface area (Å²) in [6.45, 7) is 18.3. The lowest BCUT2D eigenvalue weighted by molar-refractivity contribution is 0.590. The van der Waals surface area contributed by atoms with Gasteiger partial charge in [-0.05, 0) is 142 Å². The summed E-state index contributed by atoms with van der Waals surface area (Å²) in [5, 5.41) is 0. The molecule has 0 saturated carbocycles. The fraction of sp³-hybridized carbons (Fsp3) is 0.185. The molecule has 0 atom stereocenters. The zero-order valence-electron chi connectivity index (χ0n) is 35.5. The van der Waals surface area contributed by atoms with E-state index in [-0.39, 0.29) is 17.5 Å². The molecule has 5 heteroatoms. The molecule has 0 fully saturated rings. The summed E-state index contributed by atoms with van der Waals surface area (Å²) in [5.41, 5.74) is 19.8. The van der Waals surface area contributed by atoms with Gasteiger partial charge in [0.05, 0.1) is 0 Å². The number of hydrogen-bond donors (Lipinski definition) is 0. The molecule has 0 unspecified atom stereocenters. The lowest BCUT2D eigenvalue weighted by atomic mass is 9.34. The van der Waals surface area contributed by atoms with Crippen molar-refractivity contribution in [3.63, 3.8) is 0 Å². The standard InChI is InChI=1S/C54H51BN4/c1-36-32-38(53(3,4)5)25-29-46(36)58(47-30-26-39(33-37(47)2)54(6,7)8)43-27-28-44-50(35-43)57(40-18-11-9-12-19-40)48-23-17-24-49-51(48)55(44)45-34-42-22-15-16-31-56(42)52(45)59(49)41-20-13-10-14-21-41/h9-35H,1-8H3. The van der Waals surface area contributed by atoms with Crippen LogP contribution in [0.3, 0.4) is 0 Å². The highest BCUT2D eigenvalue weighted by atomic mass is 15.2. The molecular formula is C54H51BN4. The summed E-state index contributed by atoms with van der Waals surface area (Å²) < 4.78 is 2.37. The third-order valence-corrected chi connectivity index (χ3v) is 12.5. The third-order valence-electron chi connectivity index (χ3n) is 12.5. The van der Waals surface area contributed by atoms with Crippen LogP contribution in [0.15, 0.2) is 164 Å². The first-order chi connectivity index (χ1) is 28.4. The molecule has 6 aromatic carbocycles. The Hall–Kier alpha value is -6.46. The van der Waals surface area contributed by atoms with Crippen molar-refractivity contribution in [3.8, 4) is 0 Å². The van der Waals surface area contributed by atoms with E-state index in [2.05, 4.69) is 238 Å². The van der Waals surface area contributed by atoms with E-state index in [0.717, 1.165) is 17.1 Å². The average molecular weight is 767 g/mol. The maximum absolute atomic E-state index is 2.50. The number of hydrogen-bond acceptors (Lipinski definition) is 3. The second-order valence-electron chi connectivity index (χ2n) is 18.5. The van der Waals surface area contributed by atoms with E-state index in [1.807, 2.05) is 0 Å².